The van der Waals surface area contributed by atoms with Crippen molar-refractivity contribution in [1.29, 1.82) is 5.41 Å². The highest BCUT2D eigenvalue weighted by Crippen LogP contribution is 2.30. The SMILES string of the molecule is N=C(N)c1ccnc(Oc2cc(Cl)ccc2Cl)n1. The van der Waals surface area contributed by atoms with Crippen LogP contribution in [0.15, 0.2) is 30.5 Å². The first-order chi connectivity index (χ1) is 8.56. The van der Waals surface area contributed by atoms with E-state index in [-0.39, 0.29) is 17.5 Å². The lowest BCUT2D eigenvalue weighted by atomic mass is 10.3. The lowest BCUT2D eigenvalue weighted by Gasteiger charge is -2.06. The van der Waals surface area contributed by atoms with E-state index in [1.165, 1.54) is 12.3 Å². The van der Waals surface area contributed by atoms with E-state index >= 15 is 0 Å². The van der Waals surface area contributed by atoms with Crippen LogP contribution in [-0.4, -0.2) is 15.8 Å². The summed E-state index contributed by atoms with van der Waals surface area (Å²) < 4.78 is 5.39. The number of rotatable bonds is 3. The summed E-state index contributed by atoms with van der Waals surface area (Å²) in [7, 11) is 0. The van der Waals surface area contributed by atoms with Gasteiger partial charge in [-0.1, -0.05) is 23.2 Å². The molecule has 0 radical (unpaired) electrons. The van der Waals surface area contributed by atoms with E-state index < -0.39 is 0 Å². The standard InChI is InChI=1S/C11H8Cl2N4O/c12-6-1-2-7(13)9(5-6)18-11-16-4-3-8(17-11)10(14)15/h1-5H,(H3,14,15). The van der Waals surface area contributed by atoms with Gasteiger partial charge in [0, 0.05) is 17.3 Å². The van der Waals surface area contributed by atoms with Crippen molar-refractivity contribution in [2.75, 3.05) is 0 Å². The van der Waals surface area contributed by atoms with Crippen LogP contribution in [0.3, 0.4) is 0 Å². The van der Waals surface area contributed by atoms with Crippen LogP contribution >= 0.6 is 23.2 Å². The molecule has 0 bridgehead atoms. The number of nitrogens with one attached hydrogen (secondary N) is 1. The van der Waals surface area contributed by atoms with Gasteiger partial charge in [-0.25, -0.2) is 4.98 Å². The van der Waals surface area contributed by atoms with Crippen molar-refractivity contribution in [3.05, 3.63) is 46.2 Å². The average molecular weight is 283 g/mol. The molecule has 92 valence electrons. The minimum atomic E-state index is -0.167. The Morgan fingerprint density at radius 1 is 1.28 bits per heavy atom. The van der Waals surface area contributed by atoms with Crippen molar-refractivity contribution >= 4 is 29.0 Å². The molecular formula is C11H8Cl2N4O. The van der Waals surface area contributed by atoms with Crippen molar-refractivity contribution in [2.24, 2.45) is 5.73 Å². The number of nitrogens with two attached hydrogens (primary N) is 1. The van der Waals surface area contributed by atoms with Crippen LogP contribution in [0.4, 0.5) is 0 Å². The zero-order valence-corrected chi connectivity index (χ0v) is 10.5. The van der Waals surface area contributed by atoms with Gasteiger partial charge < -0.3 is 10.5 Å². The number of nitrogens with zero attached hydrogens (tertiary/aromatic N) is 2. The zero-order chi connectivity index (χ0) is 13.1. The molecule has 1 aromatic heterocycles. The molecular weight excluding hydrogens is 275 g/mol. The summed E-state index contributed by atoms with van der Waals surface area (Å²) in [6.45, 7) is 0. The Bertz CT molecular complexity index is 603. The summed E-state index contributed by atoms with van der Waals surface area (Å²) >= 11 is 11.8. The van der Waals surface area contributed by atoms with E-state index in [1.54, 1.807) is 18.2 Å². The molecule has 0 amide bonds. The molecule has 18 heavy (non-hydrogen) atoms. The summed E-state index contributed by atoms with van der Waals surface area (Å²) in [5.41, 5.74) is 5.60. The van der Waals surface area contributed by atoms with Crippen LogP contribution in [0.5, 0.6) is 11.8 Å². The third-order valence-electron chi connectivity index (χ3n) is 2.00. The smallest absolute Gasteiger partial charge is 0.322 e. The van der Waals surface area contributed by atoms with Crippen molar-refractivity contribution in [2.45, 2.75) is 0 Å². The van der Waals surface area contributed by atoms with E-state index in [0.29, 0.717) is 15.8 Å². The minimum absolute atomic E-state index is 0.0480. The Hall–Kier alpha value is -1.85. The van der Waals surface area contributed by atoms with Crippen LogP contribution in [0, 0.1) is 5.41 Å². The van der Waals surface area contributed by atoms with Crippen molar-refractivity contribution in [3.8, 4) is 11.8 Å². The maximum Gasteiger partial charge on any atom is 0.322 e. The fourth-order valence-electron chi connectivity index (χ4n) is 1.19. The second kappa shape index (κ2) is 5.20. The van der Waals surface area contributed by atoms with Crippen LogP contribution in [0.25, 0.3) is 0 Å². The molecule has 0 spiro atoms. The van der Waals surface area contributed by atoms with Gasteiger partial charge in [-0.3, -0.25) is 5.41 Å². The van der Waals surface area contributed by atoms with Gasteiger partial charge in [0.2, 0.25) is 0 Å². The van der Waals surface area contributed by atoms with Gasteiger partial charge in [0.15, 0.2) is 5.75 Å². The normalized spacial score (nSPS) is 10.1. The van der Waals surface area contributed by atoms with Gasteiger partial charge in [-0.15, -0.1) is 0 Å². The molecule has 0 unspecified atom stereocenters. The summed E-state index contributed by atoms with van der Waals surface area (Å²) in [5.74, 6) is 0.171. The Kier molecular flexibility index (Phi) is 3.64. The molecule has 0 aliphatic heterocycles. The van der Waals surface area contributed by atoms with E-state index in [9.17, 15) is 0 Å². The van der Waals surface area contributed by atoms with E-state index in [0.717, 1.165) is 0 Å². The van der Waals surface area contributed by atoms with Crippen molar-refractivity contribution in [1.82, 2.24) is 9.97 Å². The van der Waals surface area contributed by atoms with E-state index in [1.807, 2.05) is 0 Å². The number of ether oxygens (including phenoxy) is 1. The lowest BCUT2D eigenvalue weighted by Crippen LogP contribution is -2.13. The highest BCUT2D eigenvalue weighted by Gasteiger charge is 2.07. The third kappa shape index (κ3) is 2.88. The van der Waals surface area contributed by atoms with Gasteiger partial charge in [0.1, 0.15) is 11.5 Å². The number of aromatic nitrogens is 2. The monoisotopic (exact) mass is 282 g/mol. The number of benzene rings is 1. The Morgan fingerprint density at radius 3 is 2.78 bits per heavy atom. The van der Waals surface area contributed by atoms with Crippen molar-refractivity contribution < 1.29 is 4.74 Å². The number of nitrogen functional groups attached to an aromatic ring is 1. The molecule has 1 aromatic carbocycles. The van der Waals surface area contributed by atoms with Gasteiger partial charge in [0.25, 0.3) is 0 Å². The van der Waals surface area contributed by atoms with Crippen LogP contribution < -0.4 is 10.5 Å². The average Bonchev–Trinajstić information content (AvgIpc) is 2.34. The highest BCUT2D eigenvalue weighted by atomic mass is 35.5. The highest BCUT2D eigenvalue weighted by molar-refractivity contribution is 6.34. The van der Waals surface area contributed by atoms with Gasteiger partial charge >= 0.3 is 6.01 Å². The van der Waals surface area contributed by atoms with Crippen LogP contribution in [0.2, 0.25) is 10.0 Å². The first-order valence-corrected chi connectivity index (χ1v) is 5.62. The molecule has 0 saturated carbocycles. The molecule has 0 saturated heterocycles. The summed E-state index contributed by atoms with van der Waals surface area (Å²) in [6, 6.07) is 6.35. The Morgan fingerprint density at radius 2 is 2.06 bits per heavy atom. The topological polar surface area (TPSA) is 84.9 Å². The zero-order valence-electron chi connectivity index (χ0n) is 9.02. The first kappa shape index (κ1) is 12.6. The fourth-order valence-corrected chi connectivity index (χ4v) is 1.51. The Labute approximate surface area is 113 Å². The molecule has 7 heteroatoms. The second-order valence-corrected chi connectivity index (χ2v) is 4.16. The largest absolute Gasteiger partial charge is 0.423 e. The molecule has 2 aromatic rings. The maximum atomic E-state index is 7.27. The quantitative estimate of drug-likeness (QED) is 0.670. The predicted octanol–water partition coefficient (Wildman–Crippen LogP) is 2.86. The number of hydrogen-bond donors (Lipinski definition) is 2. The number of hydrogen-bond acceptors (Lipinski definition) is 4. The molecule has 2 rings (SSSR count). The summed E-state index contributed by atoms with van der Waals surface area (Å²) in [6.07, 6.45) is 1.44. The van der Waals surface area contributed by atoms with Gasteiger partial charge in [-0.2, -0.15) is 4.98 Å². The molecule has 1 heterocycles. The van der Waals surface area contributed by atoms with E-state index in [4.69, 9.17) is 39.1 Å². The Balaban J connectivity index is 2.31. The summed E-state index contributed by atoms with van der Waals surface area (Å²) in [4.78, 5) is 7.85. The molecule has 0 fully saturated rings. The fraction of sp³-hybridized carbons (Fsp3) is 0. The lowest BCUT2D eigenvalue weighted by molar-refractivity contribution is 0.441. The molecule has 5 nitrogen and oxygen atoms in total. The third-order valence-corrected chi connectivity index (χ3v) is 2.55. The summed E-state index contributed by atoms with van der Waals surface area (Å²) in [5, 5.41) is 8.14. The molecule has 3 N–H and O–H groups in total. The van der Waals surface area contributed by atoms with Crippen LogP contribution in [-0.2, 0) is 0 Å². The molecule has 0 atom stereocenters. The maximum absolute atomic E-state index is 7.27. The number of amidine groups is 1. The first-order valence-electron chi connectivity index (χ1n) is 4.86. The number of halogens is 2. The van der Waals surface area contributed by atoms with Crippen LogP contribution in [0.1, 0.15) is 5.69 Å². The van der Waals surface area contributed by atoms with E-state index in [2.05, 4.69) is 9.97 Å². The minimum Gasteiger partial charge on any atom is -0.423 e. The van der Waals surface area contributed by atoms with Crippen molar-refractivity contribution in [3.63, 3.8) is 0 Å². The predicted molar refractivity (Wildman–Crippen MR) is 69.6 cm³/mol. The molecule has 0 aliphatic rings. The van der Waals surface area contributed by atoms with Gasteiger partial charge in [-0.05, 0) is 18.2 Å². The molecule has 0 aliphatic carbocycles. The second-order valence-electron chi connectivity index (χ2n) is 3.31. The van der Waals surface area contributed by atoms with Gasteiger partial charge in [0.05, 0.1) is 5.02 Å².